The standard InChI is InChI=1S/C17H28N2O3S/c1-23(21,22)12-9-18-13-15-7-10-19(11-8-15)14-17(20)16-5-3-2-4-6-16/h2-6,15,17-18,20H,7-14H2,1H3. The van der Waals surface area contributed by atoms with Gasteiger partial charge in [-0.2, -0.15) is 0 Å². The Labute approximate surface area is 139 Å². The van der Waals surface area contributed by atoms with E-state index in [9.17, 15) is 13.5 Å². The lowest BCUT2D eigenvalue weighted by Gasteiger charge is -2.33. The van der Waals surface area contributed by atoms with Crippen LogP contribution >= 0.6 is 0 Å². The molecule has 1 aromatic carbocycles. The molecule has 1 heterocycles. The Balaban J connectivity index is 1.64. The molecule has 1 aliphatic heterocycles. The number of rotatable bonds is 8. The van der Waals surface area contributed by atoms with E-state index in [1.807, 2.05) is 30.3 Å². The minimum atomic E-state index is -2.87. The van der Waals surface area contributed by atoms with E-state index in [4.69, 9.17) is 0 Å². The van der Waals surface area contributed by atoms with E-state index in [1.54, 1.807) is 0 Å². The molecule has 1 atom stereocenters. The number of nitrogens with zero attached hydrogens (tertiary/aromatic N) is 1. The van der Waals surface area contributed by atoms with Crippen molar-refractivity contribution in [2.75, 3.05) is 44.7 Å². The van der Waals surface area contributed by atoms with Gasteiger partial charge < -0.3 is 15.3 Å². The number of aliphatic hydroxyl groups is 1. The van der Waals surface area contributed by atoms with Crippen molar-refractivity contribution in [3.05, 3.63) is 35.9 Å². The predicted octanol–water partition coefficient (Wildman–Crippen LogP) is 1.07. The fraction of sp³-hybridized carbons (Fsp3) is 0.647. The summed E-state index contributed by atoms with van der Waals surface area (Å²) in [6.45, 7) is 4.07. The van der Waals surface area contributed by atoms with Crippen LogP contribution in [0.4, 0.5) is 0 Å². The van der Waals surface area contributed by atoms with Crippen LogP contribution < -0.4 is 5.32 Å². The van der Waals surface area contributed by atoms with Gasteiger partial charge >= 0.3 is 0 Å². The molecule has 0 amide bonds. The summed E-state index contributed by atoms with van der Waals surface area (Å²) >= 11 is 0. The van der Waals surface area contributed by atoms with Gasteiger partial charge in [0.15, 0.2) is 0 Å². The number of sulfone groups is 1. The number of nitrogens with one attached hydrogen (secondary N) is 1. The van der Waals surface area contributed by atoms with Crippen LogP contribution in [-0.4, -0.2) is 63.2 Å². The first-order valence-corrected chi connectivity index (χ1v) is 10.3. The Morgan fingerprint density at radius 3 is 2.52 bits per heavy atom. The summed E-state index contributed by atoms with van der Waals surface area (Å²) in [5.74, 6) is 0.800. The second-order valence-electron chi connectivity index (χ2n) is 6.50. The van der Waals surface area contributed by atoms with E-state index in [0.717, 1.165) is 38.0 Å². The van der Waals surface area contributed by atoms with Gasteiger partial charge in [0.2, 0.25) is 0 Å². The van der Waals surface area contributed by atoms with Crippen molar-refractivity contribution in [3.63, 3.8) is 0 Å². The number of hydrogen-bond acceptors (Lipinski definition) is 5. The van der Waals surface area contributed by atoms with Gasteiger partial charge in [0, 0.05) is 19.3 Å². The number of aliphatic hydroxyl groups excluding tert-OH is 1. The Morgan fingerprint density at radius 2 is 1.91 bits per heavy atom. The van der Waals surface area contributed by atoms with Crippen molar-refractivity contribution in [2.45, 2.75) is 18.9 Å². The van der Waals surface area contributed by atoms with Crippen LogP contribution in [-0.2, 0) is 9.84 Å². The largest absolute Gasteiger partial charge is 0.387 e. The van der Waals surface area contributed by atoms with Crippen LogP contribution in [0.25, 0.3) is 0 Å². The van der Waals surface area contributed by atoms with Gasteiger partial charge in [-0.25, -0.2) is 8.42 Å². The highest BCUT2D eigenvalue weighted by molar-refractivity contribution is 7.90. The van der Waals surface area contributed by atoms with Crippen molar-refractivity contribution < 1.29 is 13.5 Å². The quantitative estimate of drug-likeness (QED) is 0.693. The lowest BCUT2D eigenvalue weighted by molar-refractivity contribution is 0.0892. The summed E-state index contributed by atoms with van der Waals surface area (Å²) in [6.07, 6.45) is 3.02. The van der Waals surface area contributed by atoms with E-state index in [-0.39, 0.29) is 5.75 Å². The van der Waals surface area contributed by atoms with Crippen LogP contribution in [0.15, 0.2) is 30.3 Å². The summed E-state index contributed by atoms with van der Waals surface area (Å²) in [6, 6.07) is 9.78. The van der Waals surface area contributed by atoms with Crippen LogP contribution in [0.2, 0.25) is 0 Å². The zero-order chi connectivity index (χ0) is 16.7. The molecule has 2 rings (SSSR count). The highest BCUT2D eigenvalue weighted by Gasteiger charge is 2.21. The van der Waals surface area contributed by atoms with E-state index < -0.39 is 15.9 Å². The SMILES string of the molecule is CS(=O)(=O)CCNCC1CCN(CC(O)c2ccccc2)CC1. The molecule has 0 spiro atoms. The lowest BCUT2D eigenvalue weighted by atomic mass is 9.96. The molecule has 1 aromatic rings. The Kier molecular flexibility index (Phi) is 7.02. The highest BCUT2D eigenvalue weighted by atomic mass is 32.2. The first kappa shape index (κ1) is 18.4. The molecule has 2 N–H and O–H groups in total. The molecule has 0 aliphatic carbocycles. The molecule has 1 saturated heterocycles. The number of piperidine rings is 1. The fourth-order valence-corrected chi connectivity index (χ4v) is 3.48. The van der Waals surface area contributed by atoms with E-state index in [1.165, 1.54) is 6.26 Å². The Hall–Kier alpha value is -0.950. The van der Waals surface area contributed by atoms with Crippen molar-refractivity contribution in [2.24, 2.45) is 5.92 Å². The van der Waals surface area contributed by atoms with Gasteiger partial charge in [-0.3, -0.25) is 0 Å². The highest BCUT2D eigenvalue weighted by Crippen LogP contribution is 2.20. The molecule has 0 aromatic heterocycles. The van der Waals surface area contributed by atoms with Gasteiger partial charge in [0.25, 0.3) is 0 Å². The van der Waals surface area contributed by atoms with Gasteiger partial charge in [-0.1, -0.05) is 30.3 Å². The number of hydrogen-bond donors (Lipinski definition) is 2. The Morgan fingerprint density at radius 1 is 1.26 bits per heavy atom. The molecule has 130 valence electrons. The van der Waals surface area contributed by atoms with Gasteiger partial charge in [0.1, 0.15) is 9.84 Å². The second kappa shape index (κ2) is 8.78. The second-order valence-corrected chi connectivity index (χ2v) is 8.76. The average molecular weight is 340 g/mol. The summed E-state index contributed by atoms with van der Waals surface area (Å²) in [4.78, 5) is 2.31. The third-order valence-corrected chi connectivity index (χ3v) is 5.35. The summed E-state index contributed by atoms with van der Waals surface area (Å²) < 4.78 is 22.1. The van der Waals surface area contributed by atoms with E-state index in [0.29, 0.717) is 19.0 Å². The molecule has 5 nitrogen and oxygen atoms in total. The third kappa shape index (κ3) is 6.99. The van der Waals surface area contributed by atoms with Gasteiger partial charge in [-0.05, 0) is 44.0 Å². The third-order valence-electron chi connectivity index (χ3n) is 4.41. The smallest absolute Gasteiger partial charge is 0.148 e. The minimum Gasteiger partial charge on any atom is -0.387 e. The first-order valence-electron chi connectivity index (χ1n) is 8.28. The molecule has 1 fully saturated rings. The zero-order valence-corrected chi connectivity index (χ0v) is 14.6. The Bertz CT molecular complexity index is 554. The van der Waals surface area contributed by atoms with Gasteiger partial charge in [0.05, 0.1) is 11.9 Å². The van der Waals surface area contributed by atoms with Crippen LogP contribution in [0.3, 0.4) is 0 Å². The van der Waals surface area contributed by atoms with Crippen molar-refractivity contribution >= 4 is 9.84 Å². The molecular weight excluding hydrogens is 312 g/mol. The molecule has 0 saturated carbocycles. The fourth-order valence-electron chi connectivity index (χ4n) is 2.96. The van der Waals surface area contributed by atoms with E-state index in [2.05, 4.69) is 10.2 Å². The minimum absolute atomic E-state index is 0.203. The molecular formula is C17H28N2O3S. The van der Waals surface area contributed by atoms with Crippen molar-refractivity contribution in [3.8, 4) is 0 Å². The van der Waals surface area contributed by atoms with E-state index >= 15 is 0 Å². The van der Waals surface area contributed by atoms with Crippen molar-refractivity contribution in [1.82, 2.24) is 10.2 Å². The molecule has 1 aliphatic rings. The lowest BCUT2D eigenvalue weighted by Crippen LogP contribution is -2.39. The maximum absolute atomic E-state index is 11.1. The summed E-state index contributed by atoms with van der Waals surface area (Å²) in [5, 5.41) is 13.5. The topological polar surface area (TPSA) is 69.6 Å². The average Bonchev–Trinajstić information content (AvgIpc) is 2.53. The maximum atomic E-state index is 11.1. The number of benzene rings is 1. The number of likely N-dealkylation sites (tertiary alicyclic amines) is 1. The first-order chi connectivity index (χ1) is 10.9. The summed E-state index contributed by atoms with van der Waals surface area (Å²) in [5.41, 5.74) is 0.970. The zero-order valence-electron chi connectivity index (χ0n) is 13.8. The molecule has 0 bridgehead atoms. The molecule has 0 radical (unpaired) electrons. The van der Waals surface area contributed by atoms with Crippen LogP contribution in [0.1, 0.15) is 24.5 Å². The normalized spacial score (nSPS) is 18.9. The molecule has 6 heteroatoms. The molecule has 23 heavy (non-hydrogen) atoms. The van der Waals surface area contributed by atoms with Crippen LogP contribution in [0, 0.1) is 5.92 Å². The molecule has 1 unspecified atom stereocenters. The number of β-amino-alcohol motifs (C(OH)–C–C–N with tert-alkyl or cyclic N) is 1. The summed E-state index contributed by atoms with van der Waals surface area (Å²) in [7, 11) is -2.87. The predicted molar refractivity (Wildman–Crippen MR) is 93.1 cm³/mol. The van der Waals surface area contributed by atoms with Crippen LogP contribution in [0.5, 0.6) is 0 Å². The van der Waals surface area contributed by atoms with Crippen molar-refractivity contribution in [1.29, 1.82) is 0 Å². The maximum Gasteiger partial charge on any atom is 0.148 e. The van der Waals surface area contributed by atoms with Gasteiger partial charge in [-0.15, -0.1) is 0 Å². The monoisotopic (exact) mass is 340 g/mol.